The average molecular weight is 316 g/mol. The summed E-state index contributed by atoms with van der Waals surface area (Å²) in [6.07, 6.45) is 0. The molecule has 1 aromatic heterocycles. The molecular formula is C12H8BrClOS. The smallest absolute Gasteiger partial charge is 0.203 e. The van der Waals surface area contributed by atoms with Crippen molar-refractivity contribution < 1.29 is 4.79 Å². The molecule has 16 heavy (non-hydrogen) atoms. The summed E-state index contributed by atoms with van der Waals surface area (Å²) in [5.41, 5.74) is 1.71. The lowest BCUT2D eigenvalue weighted by Crippen LogP contribution is -1.97. The van der Waals surface area contributed by atoms with Gasteiger partial charge >= 0.3 is 0 Å². The van der Waals surface area contributed by atoms with Crippen molar-refractivity contribution in [2.24, 2.45) is 0 Å². The Morgan fingerprint density at radius 1 is 1.38 bits per heavy atom. The summed E-state index contributed by atoms with van der Waals surface area (Å²) >= 11 is 10.7. The van der Waals surface area contributed by atoms with Crippen LogP contribution < -0.4 is 0 Å². The third-order valence-corrected chi connectivity index (χ3v) is 4.54. The lowest BCUT2D eigenvalue weighted by molar-refractivity contribution is 0.104. The minimum atomic E-state index is 0.0151. The highest BCUT2D eigenvalue weighted by Crippen LogP contribution is 2.29. The van der Waals surface area contributed by atoms with Crippen molar-refractivity contribution in [2.75, 3.05) is 0 Å². The Kier molecular flexibility index (Phi) is 3.47. The zero-order valence-electron chi connectivity index (χ0n) is 8.46. The van der Waals surface area contributed by atoms with E-state index in [1.54, 1.807) is 24.3 Å². The highest BCUT2D eigenvalue weighted by Gasteiger charge is 2.13. The number of ketones is 1. The van der Waals surface area contributed by atoms with E-state index in [9.17, 15) is 4.79 Å². The van der Waals surface area contributed by atoms with Crippen LogP contribution in [0.4, 0.5) is 0 Å². The van der Waals surface area contributed by atoms with E-state index < -0.39 is 0 Å². The molecule has 0 radical (unpaired) electrons. The molecule has 0 saturated carbocycles. The number of aryl methyl sites for hydroxylation is 1. The minimum Gasteiger partial charge on any atom is -0.288 e. The molecule has 0 aliphatic heterocycles. The number of thiophene rings is 1. The van der Waals surface area contributed by atoms with Crippen molar-refractivity contribution >= 4 is 44.7 Å². The molecular weight excluding hydrogens is 308 g/mol. The number of hydrogen-bond donors (Lipinski definition) is 0. The van der Waals surface area contributed by atoms with Gasteiger partial charge < -0.3 is 0 Å². The van der Waals surface area contributed by atoms with E-state index in [0.717, 1.165) is 14.2 Å². The zero-order chi connectivity index (χ0) is 11.7. The molecule has 4 heteroatoms. The molecule has 0 aliphatic rings. The van der Waals surface area contributed by atoms with Crippen LogP contribution in [0.15, 0.2) is 34.1 Å². The number of halogens is 2. The van der Waals surface area contributed by atoms with Gasteiger partial charge in [-0.25, -0.2) is 0 Å². The third-order valence-electron chi connectivity index (χ3n) is 2.17. The van der Waals surface area contributed by atoms with Gasteiger partial charge in [-0.3, -0.25) is 4.79 Å². The maximum atomic E-state index is 12.1. The molecule has 0 aliphatic carbocycles. The molecule has 0 bridgehead atoms. The number of rotatable bonds is 2. The molecule has 0 spiro atoms. The number of carbonyl (C=O) groups is 1. The molecule has 0 fully saturated rings. The van der Waals surface area contributed by atoms with E-state index in [0.29, 0.717) is 10.6 Å². The fourth-order valence-corrected chi connectivity index (χ4v) is 3.03. The van der Waals surface area contributed by atoms with E-state index in [4.69, 9.17) is 11.6 Å². The SMILES string of the molecule is Cc1cc(C(=O)c2cccc(Cl)c2)sc1Br. The van der Waals surface area contributed by atoms with Gasteiger partial charge in [0, 0.05) is 10.6 Å². The fraction of sp³-hybridized carbons (Fsp3) is 0.0833. The van der Waals surface area contributed by atoms with E-state index >= 15 is 0 Å². The predicted octanol–water partition coefficient (Wildman–Crippen LogP) is 4.70. The third kappa shape index (κ3) is 2.37. The summed E-state index contributed by atoms with van der Waals surface area (Å²) in [4.78, 5) is 12.8. The Morgan fingerprint density at radius 2 is 2.12 bits per heavy atom. The average Bonchev–Trinajstić information content (AvgIpc) is 2.58. The molecule has 0 unspecified atom stereocenters. The number of carbonyl (C=O) groups excluding carboxylic acids is 1. The Hall–Kier alpha value is -0.640. The molecule has 1 aromatic carbocycles. The van der Waals surface area contributed by atoms with Crippen molar-refractivity contribution in [3.63, 3.8) is 0 Å². The first-order valence-electron chi connectivity index (χ1n) is 4.64. The van der Waals surface area contributed by atoms with Crippen LogP contribution in [0.3, 0.4) is 0 Å². The summed E-state index contributed by atoms with van der Waals surface area (Å²) < 4.78 is 0.998. The first kappa shape index (κ1) is 11.8. The maximum Gasteiger partial charge on any atom is 0.203 e. The van der Waals surface area contributed by atoms with Gasteiger partial charge in [-0.05, 0) is 46.6 Å². The molecule has 0 saturated heterocycles. The van der Waals surface area contributed by atoms with E-state index in [1.807, 2.05) is 13.0 Å². The van der Waals surface area contributed by atoms with Crippen LogP contribution >= 0.6 is 38.9 Å². The Bertz CT molecular complexity index is 528. The summed E-state index contributed by atoms with van der Waals surface area (Å²) in [5, 5.41) is 0.582. The van der Waals surface area contributed by atoms with Gasteiger partial charge in [0.15, 0.2) is 0 Å². The molecule has 2 aromatic rings. The lowest BCUT2D eigenvalue weighted by atomic mass is 10.1. The Labute approximate surface area is 111 Å². The quantitative estimate of drug-likeness (QED) is 0.734. The van der Waals surface area contributed by atoms with Crippen LogP contribution in [0.1, 0.15) is 20.8 Å². The summed E-state index contributed by atoms with van der Waals surface area (Å²) in [6.45, 7) is 1.97. The maximum absolute atomic E-state index is 12.1. The van der Waals surface area contributed by atoms with E-state index in [2.05, 4.69) is 15.9 Å². The topological polar surface area (TPSA) is 17.1 Å². The predicted molar refractivity (Wildman–Crippen MR) is 71.6 cm³/mol. The Balaban J connectivity index is 2.39. The molecule has 1 heterocycles. The molecule has 0 atom stereocenters. The fourth-order valence-electron chi connectivity index (χ4n) is 1.34. The first-order valence-corrected chi connectivity index (χ1v) is 6.63. The van der Waals surface area contributed by atoms with Gasteiger partial charge in [0.1, 0.15) is 0 Å². The molecule has 1 nitrogen and oxygen atoms in total. The van der Waals surface area contributed by atoms with Crippen LogP contribution in [0.5, 0.6) is 0 Å². The molecule has 0 amide bonds. The van der Waals surface area contributed by atoms with Gasteiger partial charge in [-0.1, -0.05) is 23.7 Å². The molecule has 0 N–H and O–H groups in total. The summed E-state index contributed by atoms with van der Waals surface area (Å²) in [6, 6.07) is 8.89. The second-order valence-corrected chi connectivity index (χ2v) is 6.21. The first-order chi connectivity index (χ1) is 7.58. The monoisotopic (exact) mass is 314 g/mol. The zero-order valence-corrected chi connectivity index (χ0v) is 11.6. The van der Waals surface area contributed by atoms with Crippen LogP contribution in [-0.2, 0) is 0 Å². The van der Waals surface area contributed by atoms with Crippen molar-refractivity contribution in [1.82, 2.24) is 0 Å². The van der Waals surface area contributed by atoms with Crippen LogP contribution in [0.25, 0.3) is 0 Å². The van der Waals surface area contributed by atoms with Gasteiger partial charge in [-0.15, -0.1) is 11.3 Å². The van der Waals surface area contributed by atoms with Crippen molar-refractivity contribution in [3.05, 3.63) is 55.1 Å². The normalized spacial score (nSPS) is 10.4. The highest BCUT2D eigenvalue weighted by atomic mass is 79.9. The van der Waals surface area contributed by atoms with Crippen molar-refractivity contribution in [1.29, 1.82) is 0 Å². The summed E-state index contributed by atoms with van der Waals surface area (Å²) in [7, 11) is 0. The molecule has 82 valence electrons. The van der Waals surface area contributed by atoms with Gasteiger partial charge in [0.25, 0.3) is 0 Å². The lowest BCUT2D eigenvalue weighted by Gasteiger charge is -1.98. The van der Waals surface area contributed by atoms with Gasteiger partial charge in [0.2, 0.25) is 5.78 Å². The Morgan fingerprint density at radius 3 is 2.69 bits per heavy atom. The molecule has 2 rings (SSSR count). The highest BCUT2D eigenvalue weighted by molar-refractivity contribution is 9.11. The number of benzene rings is 1. The van der Waals surface area contributed by atoms with Crippen LogP contribution in [0.2, 0.25) is 5.02 Å². The number of hydrogen-bond acceptors (Lipinski definition) is 2. The van der Waals surface area contributed by atoms with E-state index in [-0.39, 0.29) is 5.78 Å². The van der Waals surface area contributed by atoms with Crippen molar-refractivity contribution in [2.45, 2.75) is 6.92 Å². The van der Waals surface area contributed by atoms with Crippen molar-refractivity contribution in [3.8, 4) is 0 Å². The second-order valence-electron chi connectivity index (χ2n) is 3.41. The summed E-state index contributed by atoms with van der Waals surface area (Å²) in [5.74, 6) is 0.0151. The minimum absolute atomic E-state index is 0.0151. The van der Waals surface area contributed by atoms with E-state index in [1.165, 1.54) is 11.3 Å². The van der Waals surface area contributed by atoms with Gasteiger partial charge in [0.05, 0.1) is 8.66 Å². The standard InChI is InChI=1S/C12H8BrClOS/c1-7-5-10(16-12(7)13)11(15)8-3-2-4-9(14)6-8/h2-6H,1H3. The van der Waals surface area contributed by atoms with Crippen LogP contribution in [-0.4, -0.2) is 5.78 Å². The second kappa shape index (κ2) is 4.70. The largest absolute Gasteiger partial charge is 0.288 e. The van der Waals surface area contributed by atoms with Gasteiger partial charge in [-0.2, -0.15) is 0 Å². The van der Waals surface area contributed by atoms with Crippen LogP contribution in [0, 0.1) is 6.92 Å².